The fraction of sp³-hybridized carbons (Fsp3) is 0.833. The standard InChI is InChI=1S/C6H14O14P2/c7-1(3(9)5(11)19-21(13,14)15)2(8)4(10)6(12)20-22(16,17)18/h1,3-7,9-12H,(H2,13,14,15)(H2,16,17,18)/t1-,3-,4-,5?,6?/m0/s1. The number of rotatable bonds is 9. The van der Waals surface area contributed by atoms with Crippen LogP contribution in [0.25, 0.3) is 0 Å². The number of aliphatic hydroxyl groups is 5. The Morgan fingerprint density at radius 1 is 0.727 bits per heavy atom. The SMILES string of the molecule is O=C([C@H](O)C(O)OP(=O)(O)O)[C@H](O)[C@H](O)C(O)OP(=O)(O)O. The molecule has 0 amide bonds. The van der Waals surface area contributed by atoms with Gasteiger partial charge in [-0.15, -0.1) is 0 Å². The zero-order chi connectivity index (χ0) is 17.9. The van der Waals surface area contributed by atoms with E-state index >= 15 is 0 Å². The van der Waals surface area contributed by atoms with Gasteiger partial charge in [-0.1, -0.05) is 0 Å². The molecule has 0 aromatic heterocycles. The van der Waals surface area contributed by atoms with Crippen LogP contribution in [0.1, 0.15) is 0 Å². The molecule has 9 N–H and O–H groups in total. The van der Waals surface area contributed by atoms with Crippen LogP contribution < -0.4 is 0 Å². The van der Waals surface area contributed by atoms with Gasteiger partial charge in [0.2, 0.25) is 0 Å². The first-order valence-corrected chi connectivity index (χ1v) is 8.13. The second-order valence-electron chi connectivity index (χ2n) is 3.76. The molecule has 0 bridgehead atoms. The minimum Gasteiger partial charge on any atom is -0.385 e. The van der Waals surface area contributed by atoms with E-state index in [1.807, 2.05) is 0 Å². The van der Waals surface area contributed by atoms with Crippen LogP contribution in [-0.2, 0) is 23.0 Å². The molecule has 132 valence electrons. The summed E-state index contributed by atoms with van der Waals surface area (Å²) in [4.78, 5) is 44.7. The monoisotopic (exact) mass is 372 g/mol. The van der Waals surface area contributed by atoms with Crippen LogP contribution in [0, 0.1) is 0 Å². The van der Waals surface area contributed by atoms with Gasteiger partial charge in [-0.25, -0.2) is 9.13 Å². The summed E-state index contributed by atoms with van der Waals surface area (Å²) in [6.07, 6.45) is -13.7. The van der Waals surface area contributed by atoms with Crippen molar-refractivity contribution in [1.29, 1.82) is 0 Å². The van der Waals surface area contributed by atoms with Gasteiger partial charge in [-0.05, 0) is 0 Å². The van der Waals surface area contributed by atoms with Crippen LogP contribution in [-0.4, -0.2) is 81.8 Å². The molecular formula is C6H14O14P2. The van der Waals surface area contributed by atoms with Crippen molar-refractivity contribution in [3.05, 3.63) is 0 Å². The minimum atomic E-state index is -5.30. The third-order valence-corrected chi connectivity index (χ3v) is 2.94. The smallest absolute Gasteiger partial charge is 0.385 e. The van der Waals surface area contributed by atoms with E-state index in [0.29, 0.717) is 0 Å². The lowest BCUT2D eigenvalue weighted by Crippen LogP contribution is -2.50. The van der Waals surface area contributed by atoms with Gasteiger partial charge in [0.05, 0.1) is 0 Å². The number of aliphatic hydroxyl groups excluding tert-OH is 5. The highest BCUT2D eigenvalue weighted by atomic mass is 31.2. The van der Waals surface area contributed by atoms with Gasteiger partial charge in [0, 0.05) is 0 Å². The molecule has 5 atom stereocenters. The second-order valence-corrected chi connectivity index (χ2v) is 6.14. The number of phosphoric ester groups is 2. The van der Waals surface area contributed by atoms with Crippen LogP contribution in [0.4, 0.5) is 0 Å². The number of phosphoric acid groups is 2. The number of carbonyl (C=O) groups excluding carboxylic acids is 1. The van der Waals surface area contributed by atoms with E-state index in [9.17, 15) is 24.1 Å². The average molecular weight is 372 g/mol. The van der Waals surface area contributed by atoms with Gasteiger partial charge >= 0.3 is 15.6 Å². The zero-order valence-corrected chi connectivity index (χ0v) is 12.1. The summed E-state index contributed by atoms with van der Waals surface area (Å²) in [5.41, 5.74) is 0. The van der Waals surface area contributed by atoms with Crippen molar-refractivity contribution in [2.24, 2.45) is 0 Å². The Kier molecular flexibility index (Phi) is 7.87. The van der Waals surface area contributed by atoms with E-state index in [4.69, 9.17) is 34.9 Å². The molecule has 22 heavy (non-hydrogen) atoms. The van der Waals surface area contributed by atoms with Crippen LogP contribution in [0.15, 0.2) is 0 Å². The third kappa shape index (κ3) is 7.80. The highest BCUT2D eigenvalue weighted by Crippen LogP contribution is 2.39. The normalized spacial score (nSPS) is 20.0. The lowest BCUT2D eigenvalue weighted by molar-refractivity contribution is -0.181. The van der Waals surface area contributed by atoms with Crippen LogP contribution in [0.2, 0.25) is 0 Å². The Balaban J connectivity index is 4.83. The van der Waals surface area contributed by atoms with Crippen LogP contribution in [0.5, 0.6) is 0 Å². The van der Waals surface area contributed by atoms with E-state index in [1.54, 1.807) is 0 Å². The van der Waals surface area contributed by atoms with Crippen molar-refractivity contribution in [3.63, 3.8) is 0 Å². The maximum atomic E-state index is 11.4. The number of ketones is 1. The summed E-state index contributed by atoms with van der Waals surface area (Å²) in [5, 5.41) is 45.6. The first-order valence-electron chi connectivity index (χ1n) is 5.07. The maximum Gasteiger partial charge on any atom is 0.472 e. The molecule has 0 aliphatic heterocycles. The molecule has 0 heterocycles. The lowest BCUT2D eigenvalue weighted by Gasteiger charge is -2.25. The van der Waals surface area contributed by atoms with Crippen molar-refractivity contribution < 1.29 is 68.1 Å². The predicted molar refractivity (Wildman–Crippen MR) is 61.3 cm³/mol. The molecule has 0 aromatic rings. The van der Waals surface area contributed by atoms with E-state index in [1.165, 1.54) is 0 Å². The van der Waals surface area contributed by atoms with E-state index < -0.39 is 52.3 Å². The Hall–Kier alpha value is -0.310. The molecule has 0 aromatic carbocycles. The molecule has 0 saturated carbocycles. The second kappa shape index (κ2) is 7.99. The molecule has 16 heteroatoms. The molecule has 0 aliphatic carbocycles. The Morgan fingerprint density at radius 2 is 1.09 bits per heavy atom. The molecule has 2 unspecified atom stereocenters. The van der Waals surface area contributed by atoms with Gasteiger partial charge in [0.25, 0.3) is 0 Å². The summed E-state index contributed by atoms with van der Waals surface area (Å²) in [7, 11) is -10.6. The summed E-state index contributed by atoms with van der Waals surface area (Å²) in [6, 6.07) is 0. The lowest BCUT2D eigenvalue weighted by atomic mass is 10.0. The van der Waals surface area contributed by atoms with Gasteiger partial charge in [-0.2, -0.15) is 0 Å². The number of hydrogen-bond donors (Lipinski definition) is 9. The fourth-order valence-electron chi connectivity index (χ4n) is 1.04. The first kappa shape index (κ1) is 21.7. The topological polar surface area (TPSA) is 252 Å². The quantitative estimate of drug-likeness (QED) is 0.137. The predicted octanol–water partition coefficient (Wildman–Crippen LogP) is -4.51. The Labute approximate surface area is 121 Å². The highest BCUT2D eigenvalue weighted by Gasteiger charge is 2.40. The van der Waals surface area contributed by atoms with Gasteiger partial charge in [-0.3, -0.25) is 13.8 Å². The van der Waals surface area contributed by atoms with Crippen molar-refractivity contribution in [3.8, 4) is 0 Å². The number of carbonyl (C=O) groups is 1. The fourth-order valence-corrected chi connectivity index (χ4v) is 1.84. The van der Waals surface area contributed by atoms with E-state index in [-0.39, 0.29) is 0 Å². The molecule has 0 aliphatic rings. The van der Waals surface area contributed by atoms with Gasteiger partial charge < -0.3 is 45.1 Å². The van der Waals surface area contributed by atoms with Crippen molar-refractivity contribution in [1.82, 2.24) is 0 Å². The summed E-state index contributed by atoms with van der Waals surface area (Å²) in [5.74, 6) is -1.89. The molecule has 14 nitrogen and oxygen atoms in total. The molecule has 0 fully saturated rings. The van der Waals surface area contributed by atoms with Crippen molar-refractivity contribution in [2.45, 2.75) is 30.9 Å². The molecular weight excluding hydrogens is 358 g/mol. The average Bonchev–Trinajstić information content (AvgIpc) is 2.30. The molecule has 0 rings (SSSR count). The van der Waals surface area contributed by atoms with Gasteiger partial charge in [0.1, 0.15) is 12.2 Å². The first-order chi connectivity index (χ1) is 9.65. The number of hydrogen-bond acceptors (Lipinski definition) is 10. The Morgan fingerprint density at radius 3 is 1.45 bits per heavy atom. The van der Waals surface area contributed by atoms with Crippen LogP contribution in [0.3, 0.4) is 0 Å². The summed E-state index contributed by atoms with van der Waals surface area (Å²) in [6.45, 7) is 0. The zero-order valence-electron chi connectivity index (χ0n) is 10.3. The van der Waals surface area contributed by atoms with Gasteiger partial charge in [0.15, 0.2) is 24.5 Å². The molecule has 0 saturated heterocycles. The largest absolute Gasteiger partial charge is 0.472 e. The molecule has 0 radical (unpaired) electrons. The van der Waals surface area contributed by atoms with Crippen molar-refractivity contribution >= 4 is 21.4 Å². The van der Waals surface area contributed by atoms with E-state index in [0.717, 1.165) is 0 Å². The third-order valence-electron chi connectivity index (χ3n) is 1.96. The summed E-state index contributed by atoms with van der Waals surface area (Å²) >= 11 is 0. The minimum absolute atomic E-state index is 1.89. The molecule has 0 spiro atoms. The Bertz CT molecular complexity index is 466. The summed E-state index contributed by atoms with van der Waals surface area (Å²) < 4.78 is 27.8. The van der Waals surface area contributed by atoms with Crippen LogP contribution >= 0.6 is 15.6 Å². The number of Topliss-reactive ketones (excluding diaryl/α,β-unsaturated/α-hetero) is 1. The maximum absolute atomic E-state index is 11.4. The van der Waals surface area contributed by atoms with E-state index in [2.05, 4.69) is 9.05 Å². The highest BCUT2D eigenvalue weighted by molar-refractivity contribution is 7.46. The van der Waals surface area contributed by atoms with Crippen molar-refractivity contribution in [2.75, 3.05) is 0 Å².